The summed E-state index contributed by atoms with van der Waals surface area (Å²) in [6.07, 6.45) is 0. The molecule has 0 saturated carbocycles. The normalized spacial score (nSPS) is 12.7. The first kappa shape index (κ1) is 15.6. The summed E-state index contributed by atoms with van der Waals surface area (Å²) in [5, 5.41) is 0. The first-order valence-electron chi connectivity index (χ1n) is 5.46. The molecule has 0 unspecified atom stereocenters. The van der Waals surface area contributed by atoms with E-state index in [-0.39, 0.29) is 25.0 Å². The number of thioether (sulfide) groups is 1. The van der Waals surface area contributed by atoms with Crippen LogP contribution in [-0.4, -0.2) is 18.2 Å². The number of rotatable bonds is 7. The number of halogens is 2. The Balaban J connectivity index is 2.91. The Morgan fingerprint density at radius 3 is 2.11 bits per heavy atom. The molecule has 3 nitrogen and oxygen atoms in total. The molecule has 0 radical (unpaired) electrons. The Hall–Kier alpha value is -0.420. The fraction of sp³-hybridized carbons (Fsp3) is 0.455. The summed E-state index contributed by atoms with van der Waals surface area (Å²) < 4.78 is 49.3. The highest BCUT2D eigenvalue weighted by Gasteiger charge is 2.54. The van der Waals surface area contributed by atoms with Gasteiger partial charge in [0, 0.05) is 4.90 Å². The van der Waals surface area contributed by atoms with Crippen molar-refractivity contribution in [2.75, 3.05) is 13.2 Å². The van der Waals surface area contributed by atoms with Gasteiger partial charge in [0.1, 0.15) is 0 Å². The number of hydrogen-bond acceptors (Lipinski definition) is 4. The molecule has 0 N–H and O–H groups in total. The van der Waals surface area contributed by atoms with Gasteiger partial charge < -0.3 is 9.05 Å². The maximum absolute atomic E-state index is 14.0. The van der Waals surface area contributed by atoms with Crippen molar-refractivity contribution in [1.82, 2.24) is 0 Å². The third-order valence-corrected chi connectivity index (χ3v) is 5.43. The lowest BCUT2D eigenvalue weighted by Crippen LogP contribution is -2.16. The summed E-state index contributed by atoms with van der Waals surface area (Å²) in [4.78, 5) is -3.30. The van der Waals surface area contributed by atoms with Gasteiger partial charge in [0.2, 0.25) is 0 Å². The van der Waals surface area contributed by atoms with E-state index in [1.807, 2.05) is 0 Å². The zero-order valence-corrected chi connectivity index (χ0v) is 11.8. The highest BCUT2D eigenvalue weighted by molar-refractivity contribution is 8.06. The molecule has 0 heterocycles. The van der Waals surface area contributed by atoms with Gasteiger partial charge >= 0.3 is 12.6 Å². The second-order valence-corrected chi connectivity index (χ2v) is 6.80. The van der Waals surface area contributed by atoms with E-state index in [9.17, 15) is 13.3 Å². The van der Waals surface area contributed by atoms with Crippen LogP contribution in [0.1, 0.15) is 13.8 Å². The average molecular weight is 296 g/mol. The second-order valence-electron chi connectivity index (χ2n) is 3.23. The quantitative estimate of drug-likeness (QED) is 0.544. The lowest BCUT2D eigenvalue weighted by molar-refractivity contribution is 0.112. The minimum absolute atomic E-state index is 0.0950. The van der Waals surface area contributed by atoms with Crippen LogP contribution in [0.5, 0.6) is 0 Å². The van der Waals surface area contributed by atoms with Crippen molar-refractivity contribution >= 4 is 19.4 Å². The van der Waals surface area contributed by atoms with Crippen molar-refractivity contribution in [1.29, 1.82) is 0 Å². The molecule has 0 bridgehead atoms. The predicted octanol–water partition coefficient (Wildman–Crippen LogP) is 4.60. The van der Waals surface area contributed by atoms with E-state index in [0.717, 1.165) is 0 Å². The van der Waals surface area contributed by atoms with Crippen molar-refractivity contribution in [2.45, 2.75) is 23.7 Å². The summed E-state index contributed by atoms with van der Waals surface area (Å²) in [5.41, 5.74) is 0. The van der Waals surface area contributed by atoms with Gasteiger partial charge in [-0.15, -0.1) is 0 Å². The zero-order valence-electron chi connectivity index (χ0n) is 10.1. The fourth-order valence-corrected chi connectivity index (χ4v) is 3.93. The van der Waals surface area contributed by atoms with Gasteiger partial charge in [-0.25, -0.2) is 0 Å². The minimum Gasteiger partial charge on any atom is -0.304 e. The van der Waals surface area contributed by atoms with Crippen molar-refractivity contribution < 1.29 is 22.4 Å². The van der Waals surface area contributed by atoms with Crippen LogP contribution in [0.4, 0.5) is 8.78 Å². The van der Waals surface area contributed by atoms with Gasteiger partial charge in [-0.05, 0) is 37.7 Å². The molecule has 0 aromatic heterocycles. The molecule has 1 rings (SSSR count). The Morgan fingerprint density at radius 2 is 1.67 bits per heavy atom. The standard InChI is InChI=1S/C11H15F2O3PS/c1-3-15-17(14,16-4-2)11(12,13)18-10-8-6-5-7-9-10/h5-9H,3-4H2,1-2H3. The van der Waals surface area contributed by atoms with Crippen LogP contribution in [0.3, 0.4) is 0 Å². The Kier molecular flexibility index (Phi) is 5.79. The van der Waals surface area contributed by atoms with E-state index in [4.69, 9.17) is 0 Å². The van der Waals surface area contributed by atoms with E-state index in [1.165, 1.54) is 26.0 Å². The smallest absolute Gasteiger partial charge is 0.304 e. The maximum atomic E-state index is 14.0. The highest BCUT2D eigenvalue weighted by Crippen LogP contribution is 2.67. The van der Waals surface area contributed by atoms with E-state index in [0.29, 0.717) is 4.90 Å². The molecular weight excluding hydrogens is 281 g/mol. The van der Waals surface area contributed by atoms with E-state index < -0.39 is 12.6 Å². The highest BCUT2D eigenvalue weighted by atomic mass is 32.2. The molecule has 1 aromatic carbocycles. The predicted molar refractivity (Wildman–Crippen MR) is 68.1 cm³/mol. The van der Waals surface area contributed by atoms with Gasteiger partial charge in [-0.2, -0.15) is 8.78 Å². The third-order valence-electron chi connectivity index (χ3n) is 1.90. The van der Waals surface area contributed by atoms with Gasteiger partial charge in [0.15, 0.2) is 0 Å². The molecule has 0 amide bonds. The average Bonchev–Trinajstić information content (AvgIpc) is 2.30. The van der Waals surface area contributed by atoms with Crippen molar-refractivity contribution in [2.24, 2.45) is 0 Å². The minimum atomic E-state index is -4.46. The SMILES string of the molecule is CCOP(=O)(OCC)C(F)(F)Sc1ccccc1. The fourth-order valence-electron chi connectivity index (χ4n) is 1.21. The molecule has 0 spiro atoms. The monoisotopic (exact) mass is 296 g/mol. The van der Waals surface area contributed by atoms with Gasteiger partial charge in [-0.3, -0.25) is 4.57 Å². The molecule has 1 aromatic rings. The third kappa shape index (κ3) is 3.79. The molecule has 0 saturated heterocycles. The first-order valence-corrected chi connectivity index (χ1v) is 7.82. The van der Waals surface area contributed by atoms with Crippen LogP contribution in [0, 0.1) is 0 Å². The molecule has 0 aliphatic carbocycles. The van der Waals surface area contributed by atoms with Crippen LogP contribution in [-0.2, 0) is 13.6 Å². The molecular formula is C11H15F2O3PS. The number of alkyl halides is 2. The lowest BCUT2D eigenvalue weighted by Gasteiger charge is -2.24. The van der Waals surface area contributed by atoms with Crippen molar-refractivity contribution in [3.63, 3.8) is 0 Å². The van der Waals surface area contributed by atoms with Gasteiger partial charge in [0.25, 0.3) is 0 Å². The van der Waals surface area contributed by atoms with Crippen LogP contribution in [0.2, 0.25) is 0 Å². The Bertz CT molecular complexity index is 404. The Morgan fingerprint density at radius 1 is 1.17 bits per heavy atom. The van der Waals surface area contributed by atoms with E-state index >= 15 is 0 Å². The van der Waals surface area contributed by atoms with Crippen LogP contribution < -0.4 is 0 Å². The van der Waals surface area contributed by atoms with Crippen molar-refractivity contribution in [3.05, 3.63) is 30.3 Å². The van der Waals surface area contributed by atoms with Crippen molar-refractivity contribution in [3.8, 4) is 0 Å². The first-order chi connectivity index (χ1) is 8.45. The van der Waals surface area contributed by atoms with Crippen LogP contribution >= 0.6 is 19.4 Å². The Labute approximate surface area is 109 Å². The zero-order chi connectivity index (χ0) is 13.6. The van der Waals surface area contributed by atoms with Gasteiger partial charge in [-0.1, -0.05) is 18.2 Å². The molecule has 0 atom stereocenters. The summed E-state index contributed by atoms with van der Waals surface area (Å²) in [6.45, 7) is 2.80. The number of hydrogen-bond donors (Lipinski definition) is 0. The second kappa shape index (κ2) is 6.66. The molecule has 102 valence electrons. The molecule has 0 aliphatic heterocycles. The summed E-state index contributed by atoms with van der Waals surface area (Å²) in [7, 11) is -4.46. The molecule has 0 fully saturated rings. The topological polar surface area (TPSA) is 35.5 Å². The summed E-state index contributed by atoms with van der Waals surface area (Å²) >= 11 is 0.186. The van der Waals surface area contributed by atoms with Crippen LogP contribution in [0.25, 0.3) is 0 Å². The van der Waals surface area contributed by atoms with Gasteiger partial charge in [0.05, 0.1) is 13.2 Å². The summed E-state index contributed by atoms with van der Waals surface area (Å²) in [6, 6.07) is 8.00. The maximum Gasteiger partial charge on any atom is 0.410 e. The lowest BCUT2D eigenvalue weighted by atomic mass is 10.4. The molecule has 0 aliphatic rings. The largest absolute Gasteiger partial charge is 0.410 e. The van der Waals surface area contributed by atoms with E-state index in [1.54, 1.807) is 18.2 Å². The number of benzene rings is 1. The summed E-state index contributed by atoms with van der Waals surface area (Å²) in [5.74, 6) is 0. The molecule has 18 heavy (non-hydrogen) atoms. The van der Waals surface area contributed by atoms with Crippen LogP contribution in [0.15, 0.2) is 35.2 Å². The van der Waals surface area contributed by atoms with E-state index in [2.05, 4.69) is 9.05 Å². The molecule has 7 heteroatoms.